The first-order valence-corrected chi connectivity index (χ1v) is 11.6. The van der Waals surface area contributed by atoms with Crippen LogP contribution in [0.15, 0.2) is 78.9 Å². The van der Waals surface area contributed by atoms with Crippen molar-refractivity contribution in [1.29, 1.82) is 0 Å². The van der Waals surface area contributed by atoms with Crippen LogP contribution >= 0.6 is 11.6 Å². The van der Waals surface area contributed by atoms with Gasteiger partial charge in [-0.2, -0.15) is 0 Å². The van der Waals surface area contributed by atoms with Crippen molar-refractivity contribution in [2.24, 2.45) is 5.92 Å². The second kappa shape index (κ2) is 7.40. The van der Waals surface area contributed by atoms with Crippen molar-refractivity contribution in [2.45, 2.75) is 24.4 Å². The van der Waals surface area contributed by atoms with Crippen molar-refractivity contribution in [3.8, 4) is 0 Å². The number of Topliss-reactive ketones (excluding diaryl/α,β-unsaturated/α-hetero) is 2. The van der Waals surface area contributed by atoms with Gasteiger partial charge >= 0.3 is 0 Å². The van der Waals surface area contributed by atoms with Crippen molar-refractivity contribution in [2.75, 3.05) is 10.2 Å². The van der Waals surface area contributed by atoms with Gasteiger partial charge in [0.2, 0.25) is 5.91 Å². The van der Waals surface area contributed by atoms with Crippen LogP contribution in [-0.2, 0) is 15.0 Å². The molecular formula is C28H21ClN2O3. The van der Waals surface area contributed by atoms with Crippen LogP contribution in [0.25, 0.3) is 6.08 Å². The molecule has 1 spiro atoms. The molecule has 3 aliphatic heterocycles. The quantitative estimate of drug-likeness (QED) is 0.555. The van der Waals surface area contributed by atoms with Gasteiger partial charge < -0.3 is 10.2 Å². The summed E-state index contributed by atoms with van der Waals surface area (Å²) in [6.45, 7) is 1.50. The standard InChI is InChI=1S/C28H21ClN2O3/c1-16(32)25-24(26(33)18-10-13-19(29)14-11-18)28(20-7-3-4-8-21(20)30-27(28)34)23-15-12-17-6-2-5-9-22(17)31(23)25/h2-15,23-25H,1H3,(H,30,34)/t23-,24+,25+,28-/m1/s1. The van der Waals surface area contributed by atoms with E-state index in [1.165, 1.54) is 6.92 Å². The molecule has 0 aromatic heterocycles. The topological polar surface area (TPSA) is 66.5 Å². The van der Waals surface area contributed by atoms with E-state index < -0.39 is 23.4 Å². The Morgan fingerprint density at radius 3 is 2.44 bits per heavy atom. The monoisotopic (exact) mass is 468 g/mol. The Bertz CT molecular complexity index is 1400. The minimum Gasteiger partial charge on any atom is -0.352 e. The molecule has 3 heterocycles. The van der Waals surface area contributed by atoms with Gasteiger partial charge in [0.25, 0.3) is 0 Å². The van der Waals surface area contributed by atoms with E-state index in [2.05, 4.69) is 5.32 Å². The third-order valence-electron chi connectivity index (χ3n) is 7.37. The molecule has 0 radical (unpaired) electrons. The molecule has 34 heavy (non-hydrogen) atoms. The number of anilines is 2. The molecule has 3 aliphatic rings. The first-order valence-electron chi connectivity index (χ1n) is 11.2. The molecule has 0 aliphatic carbocycles. The number of carbonyl (C=O) groups is 3. The first-order chi connectivity index (χ1) is 16.4. The maximum absolute atomic E-state index is 14.2. The van der Waals surface area contributed by atoms with Crippen LogP contribution in [0.4, 0.5) is 11.4 Å². The molecule has 6 rings (SSSR count). The van der Waals surface area contributed by atoms with E-state index in [9.17, 15) is 14.4 Å². The third-order valence-corrected chi connectivity index (χ3v) is 7.62. The fourth-order valence-electron chi connectivity index (χ4n) is 6.07. The Morgan fingerprint density at radius 2 is 1.68 bits per heavy atom. The zero-order chi connectivity index (χ0) is 23.6. The van der Waals surface area contributed by atoms with Crippen molar-refractivity contribution < 1.29 is 14.4 Å². The van der Waals surface area contributed by atoms with Crippen LogP contribution in [-0.4, -0.2) is 29.6 Å². The highest BCUT2D eigenvalue weighted by Crippen LogP contribution is 2.57. The predicted molar refractivity (Wildman–Crippen MR) is 132 cm³/mol. The number of para-hydroxylation sites is 2. The van der Waals surface area contributed by atoms with Crippen LogP contribution in [0.3, 0.4) is 0 Å². The lowest BCUT2D eigenvalue weighted by atomic mass is 9.64. The summed E-state index contributed by atoms with van der Waals surface area (Å²) >= 11 is 6.07. The molecule has 5 nitrogen and oxygen atoms in total. The molecular weight excluding hydrogens is 448 g/mol. The lowest BCUT2D eigenvalue weighted by Crippen LogP contribution is -2.51. The lowest BCUT2D eigenvalue weighted by Gasteiger charge is -2.37. The van der Waals surface area contributed by atoms with Crippen molar-refractivity contribution in [3.05, 3.63) is 101 Å². The molecule has 0 saturated carbocycles. The van der Waals surface area contributed by atoms with E-state index in [1.54, 1.807) is 24.3 Å². The van der Waals surface area contributed by atoms with Crippen molar-refractivity contribution in [3.63, 3.8) is 0 Å². The summed E-state index contributed by atoms with van der Waals surface area (Å²) in [5.41, 5.74) is 2.39. The summed E-state index contributed by atoms with van der Waals surface area (Å²) in [5, 5.41) is 3.52. The Morgan fingerprint density at radius 1 is 0.971 bits per heavy atom. The van der Waals surface area contributed by atoms with E-state index in [0.29, 0.717) is 16.3 Å². The van der Waals surface area contributed by atoms with Crippen LogP contribution in [0.2, 0.25) is 5.02 Å². The van der Waals surface area contributed by atoms with Crippen LogP contribution in [0.5, 0.6) is 0 Å². The normalized spacial score (nSPS) is 26.1. The predicted octanol–water partition coefficient (Wildman–Crippen LogP) is 4.90. The first kappa shape index (κ1) is 20.9. The number of nitrogens with one attached hydrogen (secondary N) is 1. The minimum atomic E-state index is -1.26. The van der Waals surface area contributed by atoms with Gasteiger partial charge in [-0.15, -0.1) is 0 Å². The number of amides is 1. The number of halogens is 1. The maximum Gasteiger partial charge on any atom is 0.238 e. The fraction of sp³-hybridized carbons (Fsp3) is 0.179. The molecule has 1 saturated heterocycles. The summed E-state index contributed by atoms with van der Waals surface area (Å²) in [6, 6.07) is 20.6. The number of fused-ring (bicyclic) bond motifs is 6. The van der Waals surface area contributed by atoms with Crippen molar-refractivity contribution >= 4 is 46.5 Å². The molecule has 3 aromatic carbocycles. The van der Waals surface area contributed by atoms with Gasteiger partial charge in [0.1, 0.15) is 5.41 Å². The molecule has 1 N–H and O–H groups in total. The number of rotatable bonds is 3. The third kappa shape index (κ3) is 2.64. The van der Waals surface area contributed by atoms with Crippen LogP contribution in [0.1, 0.15) is 28.4 Å². The molecule has 1 amide bonds. The number of nitrogens with zero attached hydrogens (tertiary/aromatic N) is 1. The number of carbonyl (C=O) groups excluding carboxylic acids is 3. The van der Waals surface area contributed by atoms with Gasteiger partial charge in [-0.3, -0.25) is 14.4 Å². The average Bonchev–Trinajstić information content (AvgIpc) is 3.32. The van der Waals surface area contributed by atoms with Gasteiger partial charge in [0.05, 0.1) is 18.0 Å². The van der Waals surface area contributed by atoms with E-state index in [0.717, 1.165) is 16.8 Å². The molecule has 0 unspecified atom stereocenters. The molecule has 168 valence electrons. The van der Waals surface area contributed by atoms with Crippen LogP contribution < -0.4 is 10.2 Å². The molecule has 1 fully saturated rings. The van der Waals surface area contributed by atoms with E-state index in [-0.39, 0.29) is 17.5 Å². The smallest absolute Gasteiger partial charge is 0.238 e. The second-order valence-electron chi connectivity index (χ2n) is 9.04. The van der Waals surface area contributed by atoms with Gasteiger partial charge in [0, 0.05) is 22.0 Å². The number of hydrogen-bond donors (Lipinski definition) is 1. The Hall–Kier alpha value is -3.70. The number of benzene rings is 3. The lowest BCUT2D eigenvalue weighted by molar-refractivity contribution is -0.122. The summed E-state index contributed by atoms with van der Waals surface area (Å²) in [7, 11) is 0. The SMILES string of the molecule is CC(=O)[C@H]1[C@@H](C(=O)c2ccc(Cl)cc2)[C@]2(C(=O)Nc3ccccc32)[C@H]2C=Cc3ccccc3N12. The molecule has 4 atom stereocenters. The van der Waals surface area contributed by atoms with Gasteiger partial charge in [-0.25, -0.2) is 0 Å². The summed E-state index contributed by atoms with van der Waals surface area (Å²) in [6.07, 6.45) is 3.95. The van der Waals surface area contributed by atoms with Gasteiger partial charge in [-0.05, 0) is 54.4 Å². The zero-order valence-corrected chi connectivity index (χ0v) is 19.1. The highest BCUT2D eigenvalue weighted by atomic mass is 35.5. The second-order valence-corrected chi connectivity index (χ2v) is 9.48. The van der Waals surface area contributed by atoms with E-state index in [1.807, 2.05) is 65.6 Å². The van der Waals surface area contributed by atoms with E-state index in [4.69, 9.17) is 11.6 Å². The zero-order valence-electron chi connectivity index (χ0n) is 18.4. The van der Waals surface area contributed by atoms with Gasteiger partial charge in [-0.1, -0.05) is 60.2 Å². The molecule has 3 aromatic rings. The van der Waals surface area contributed by atoms with E-state index >= 15 is 0 Å². The fourth-order valence-corrected chi connectivity index (χ4v) is 6.19. The summed E-state index contributed by atoms with van der Waals surface area (Å²) < 4.78 is 0. The van der Waals surface area contributed by atoms with Gasteiger partial charge in [0.15, 0.2) is 11.6 Å². The number of hydrogen-bond acceptors (Lipinski definition) is 4. The molecule has 6 heteroatoms. The summed E-state index contributed by atoms with van der Waals surface area (Å²) in [5.74, 6) is -1.58. The Labute approximate surface area is 202 Å². The largest absolute Gasteiger partial charge is 0.352 e. The van der Waals surface area contributed by atoms with Crippen LogP contribution in [0, 0.1) is 5.92 Å². The number of ketones is 2. The molecule has 0 bridgehead atoms. The highest BCUT2D eigenvalue weighted by Gasteiger charge is 2.69. The maximum atomic E-state index is 14.2. The Balaban J connectivity index is 1.66. The summed E-state index contributed by atoms with van der Waals surface area (Å²) in [4.78, 5) is 43.4. The minimum absolute atomic E-state index is 0.156. The average molecular weight is 469 g/mol. The van der Waals surface area contributed by atoms with Crippen molar-refractivity contribution in [1.82, 2.24) is 0 Å². The Kier molecular flexibility index (Phi) is 4.55. The highest BCUT2D eigenvalue weighted by molar-refractivity contribution is 6.30.